The van der Waals surface area contributed by atoms with Crippen LogP contribution < -0.4 is 5.32 Å². The topological polar surface area (TPSA) is 50.7 Å². The van der Waals surface area contributed by atoms with Gasteiger partial charge < -0.3 is 5.32 Å². The third kappa shape index (κ3) is 3.42. The lowest BCUT2D eigenvalue weighted by molar-refractivity contribution is 1.06. The van der Waals surface area contributed by atoms with Crippen molar-refractivity contribution in [3.05, 3.63) is 72.2 Å². The van der Waals surface area contributed by atoms with Crippen LogP contribution in [0.2, 0.25) is 0 Å². The van der Waals surface area contributed by atoms with Gasteiger partial charge >= 0.3 is 0 Å². The van der Waals surface area contributed by atoms with Crippen molar-refractivity contribution < 1.29 is 0 Å². The van der Waals surface area contributed by atoms with Gasteiger partial charge in [0.1, 0.15) is 5.82 Å². The van der Waals surface area contributed by atoms with E-state index in [0.29, 0.717) is 5.82 Å². The molecule has 3 rings (SSSR count). The molecule has 1 N–H and O–H groups in total. The van der Waals surface area contributed by atoms with Crippen molar-refractivity contribution in [3.8, 4) is 11.4 Å². The number of nitrogens with zero attached hydrogens (tertiary/aromatic N) is 3. The fraction of sp³-hybridized carbons (Fsp3) is 0.118. The summed E-state index contributed by atoms with van der Waals surface area (Å²) in [5, 5.41) is 3.35. The summed E-state index contributed by atoms with van der Waals surface area (Å²) in [6, 6.07) is 16.0. The average Bonchev–Trinajstić information content (AvgIpc) is 2.54. The van der Waals surface area contributed by atoms with Crippen molar-refractivity contribution in [1.29, 1.82) is 0 Å². The molecule has 2 aromatic heterocycles. The molecule has 0 saturated carbocycles. The summed E-state index contributed by atoms with van der Waals surface area (Å²) >= 11 is 0. The van der Waals surface area contributed by atoms with E-state index in [2.05, 4.69) is 32.4 Å². The Morgan fingerprint density at radius 1 is 0.952 bits per heavy atom. The van der Waals surface area contributed by atoms with Gasteiger partial charge in [-0.05, 0) is 24.6 Å². The fourth-order valence-corrected chi connectivity index (χ4v) is 2.08. The number of aryl methyl sites for hydroxylation is 1. The minimum absolute atomic E-state index is 0.716. The quantitative estimate of drug-likeness (QED) is 0.793. The van der Waals surface area contributed by atoms with Crippen molar-refractivity contribution in [3.63, 3.8) is 0 Å². The number of hydrogen-bond acceptors (Lipinski definition) is 4. The van der Waals surface area contributed by atoms with E-state index in [4.69, 9.17) is 0 Å². The fourth-order valence-electron chi connectivity index (χ4n) is 2.08. The normalized spacial score (nSPS) is 10.3. The second kappa shape index (κ2) is 6.13. The number of pyridine rings is 1. The summed E-state index contributed by atoms with van der Waals surface area (Å²) in [7, 11) is 0. The number of nitrogens with one attached hydrogen (secondary N) is 1. The Morgan fingerprint density at radius 2 is 1.71 bits per heavy atom. The third-order valence-electron chi connectivity index (χ3n) is 3.11. The molecule has 3 aromatic rings. The summed E-state index contributed by atoms with van der Waals surface area (Å²) in [5.74, 6) is 1.55. The molecule has 0 aliphatic rings. The van der Waals surface area contributed by atoms with Gasteiger partial charge in [-0.3, -0.25) is 4.98 Å². The van der Waals surface area contributed by atoms with E-state index in [1.54, 1.807) is 12.4 Å². The lowest BCUT2D eigenvalue weighted by atomic mass is 10.2. The summed E-state index contributed by atoms with van der Waals surface area (Å²) in [4.78, 5) is 13.1. The molecule has 0 saturated heterocycles. The van der Waals surface area contributed by atoms with E-state index in [1.807, 2.05) is 43.3 Å². The predicted octanol–water partition coefficient (Wildman–Crippen LogP) is 3.46. The molecule has 0 aliphatic heterocycles. The van der Waals surface area contributed by atoms with Gasteiger partial charge in [-0.1, -0.05) is 30.3 Å². The van der Waals surface area contributed by atoms with Crippen LogP contribution in [0, 0.1) is 6.92 Å². The van der Waals surface area contributed by atoms with E-state index in [0.717, 1.165) is 23.6 Å². The molecule has 104 valence electrons. The van der Waals surface area contributed by atoms with Crippen LogP contribution in [0.25, 0.3) is 11.4 Å². The summed E-state index contributed by atoms with van der Waals surface area (Å²) in [5.41, 5.74) is 3.13. The van der Waals surface area contributed by atoms with Crippen molar-refractivity contribution in [2.75, 3.05) is 5.32 Å². The minimum Gasteiger partial charge on any atom is -0.366 e. The van der Waals surface area contributed by atoms with Crippen LogP contribution in [-0.2, 0) is 6.54 Å². The van der Waals surface area contributed by atoms with Crippen molar-refractivity contribution in [1.82, 2.24) is 15.0 Å². The molecule has 0 fully saturated rings. The smallest absolute Gasteiger partial charge is 0.161 e. The van der Waals surface area contributed by atoms with Crippen LogP contribution in [0.15, 0.2) is 60.9 Å². The Morgan fingerprint density at radius 3 is 2.48 bits per heavy atom. The largest absolute Gasteiger partial charge is 0.366 e. The van der Waals surface area contributed by atoms with Gasteiger partial charge in [0.05, 0.1) is 0 Å². The van der Waals surface area contributed by atoms with Crippen molar-refractivity contribution >= 4 is 5.82 Å². The molecular weight excluding hydrogens is 260 g/mol. The molecule has 0 amide bonds. The highest BCUT2D eigenvalue weighted by atomic mass is 15.0. The number of anilines is 1. The molecule has 4 nitrogen and oxygen atoms in total. The van der Waals surface area contributed by atoms with Gasteiger partial charge in [0, 0.05) is 36.3 Å². The van der Waals surface area contributed by atoms with Crippen LogP contribution >= 0.6 is 0 Å². The SMILES string of the molecule is Cc1cc(NCc2ccccc2)nc(-c2ccncc2)n1. The molecular formula is C17H16N4. The van der Waals surface area contributed by atoms with Crippen molar-refractivity contribution in [2.24, 2.45) is 0 Å². The number of rotatable bonds is 4. The highest BCUT2D eigenvalue weighted by Gasteiger charge is 2.04. The lowest BCUT2D eigenvalue weighted by Crippen LogP contribution is -2.03. The molecule has 0 bridgehead atoms. The van der Waals surface area contributed by atoms with Crippen LogP contribution in [0.3, 0.4) is 0 Å². The van der Waals surface area contributed by atoms with Gasteiger partial charge in [0.15, 0.2) is 5.82 Å². The summed E-state index contributed by atoms with van der Waals surface area (Å²) < 4.78 is 0. The molecule has 0 spiro atoms. The first kappa shape index (κ1) is 13.2. The van der Waals surface area contributed by atoms with Gasteiger partial charge in [-0.15, -0.1) is 0 Å². The first-order chi connectivity index (χ1) is 10.3. The zero-order chi connectivity index (χ0) is 14.5. The second-order valence-electron chi connectivity index (χ2n) is 4.79. The van der Waals surface area contributed by atoms with Gasteiger partial charge in [0.2, 0.25) is 0 Å². The minimum atomic E-state index is 0.716. The molecule has 0 unspecified atom stereocenters. The lowest BCUT2D eigenvalue weighted by Gasteiger charge is -2.08. The van der Waals surface area contributed by atoms with Crippen molar-refractivity contribution in [2.45, 2.75) is 13.5 Å². The van der Waals surface area contributed by atoms with E-state index < -0.39 is 0 Å². The van der Waals surface area contributed by atoms with E-state index in [-0.39, 0.29) is 0 Å². The molecule has 21 heavy (non-hydrogen) atoms. The van der Waals surface area contributed by atoms with Gasteiger partial charge in [-0.25, -0.2) is 9.97 Å². The number of hydrogen-bond donors (Lipinski definition) is 1. The molecule has 2 heterocycles. The molecule has 0 atom stereocenters. The van der Waals surface area contributed by atoms with Crippen LogP contribution in [0.5, 0.6) is 0 Å². The summed E-state index contributed by atoms with van der Waals surface area (Å²) in [6.07, 6.45) is 3.50. The van der Waals surface area contributed by atoms with E-state index >= 15 is 0 Å². The Kier molecular flexibility index (Phi) is 3.87. The van der Waals surface area contributed by atoms with Gasteiger partial charge in [-0.2, -0.15) is 0 Å². The van der Waals surface area contributed by atoms with E-state index in [9.17, 15) is 0 Å². The number of benzene rings is 1. The Balaban J connectivity index is 1.82. The maximum absolute atomic E-state index is 4.57. The molecule has 0 aliphatic carbocycles. The Bertz CT molecular complexity index is 711. The molecule has 0 radical (unpaired) electrons. The first-order valence-corrected chi connectivity index (χ1v) is 6.85. The molecule has 4 heteroatoms. The Hall–Kier alpha value is -2.75. The predicted molar refractivity (Wildman–Crippen MR) is 83.8 cm³/mol. The van der Waals surface area contributed by atoms with Crippen LogP contribution in [0.4, 0.5) is 5.82 Å². The van der Waals surface area contributed by atoms with Gasteiger partial charge in [0.25, 0.3) is 0 Å². The Labute approximate surface area is 123 Å². The van der Waals surface area contributed by atoms with E-state index in [1.165, 1.54) is 5.56 Å². The molecule has 1 aromatic carbocycles. The monoisotopic (exact) mass is 276 g/mol. The van der Waals surface area contributed by atoms with Crippen LogP contribution in [-0.4, -0.2) is 15.0 Å². The first-order valence-electron chi connectivity index (χ1n) is 6.85. The zero-order valence-corrected chi connectivity index (χ0v) is 11.8. The standard InChI is InChI=1S/C17H16N4/c1-13-11-16(19-12-14-5-3-2-4-6-14)21-17(20-13)15-7-9-18-10-8-15/h2-11H,12H2,1H3,(H,19,20,21). The zero-order valence-electron chi connectivity index (χ0n) is 11.8. The highest BCUT2D eigenvalue weighted by Crippen LogP contribution is 2.17. The second-order valence-corrected chi connectivity index (χ2v) is 4.79. The maximum Gasteiger partial charge on any atom is 0.161 e. The van der Waals surface area contributed by atoms with Crippen LogP contribution in [0.1, 0.15) is 11.3 Å². The third-order valence-corrected chi connectivity index (χ3v) is 3.11. The maximum atomic E-state index is 4.57. The summed E-state index contributed by atoms with van der Waals surface area (Å²) in [6.45, 7) is 2.72. The average molecular weight is 276 g/mol. The number of aromatic nitrogens is 3. The highest BCUT2D eigenvalue weighted by molar-refractivity contribution is 5.56.